The number of hydrogen-bond donors (Lipinski definition) is 2. The third-order valence-electron chi connectivity index (χ3n) is 3.81. The highest BCUT2D eigenvalue weighted by Gasteiger charge is 2.41. The van der Waals surface area contributed by atoms with Crippen LogP contribution in [-0.2, 0) is 9.53 Å². The number of ether oxygens (including phenoxy) is 2. The Hall–Kier alpha value is -1.36. The van der Waals surface area contributed by atoms with Crippen molar-refractivity contribution in [2.45, 2.75) is 31.2 Å². The number of amides is 1. The van der Waals surface area contributed by atoms with E-state index in [9.17, 15) is 22.4 Å². The molecule has 0 saturated carbocycles. The lowest BCUT2D eigenvalue weighted by Crippen LogP contribution is -2.44. The first-order valence-electron chi connectivity index (χ1n) is 7.68. The summed E-state index contributed by atoms with van der Waals surface area (Å²) in [6, 6.07) is 1.85. The lowest BCUT2D eigenvalue weighted by molar-refractivity contribution is -0.148. The monoisotopic (exact) mass is 437 g/mol. The predicted octanol–water partition coefficient (Wildman–Crippen LogP) is 2.90. The van der Waals surface area contributed by atoms with E-state index in [-0.39, 0.29) is 36.6 Å². The summed E-state index contributed by atoms with van der Waals surface area (Å²) >= 11 is 0. The van der Waals surface area contributed by atoms with Crippen LogP contribution in [0.3, 0.4) is 0 Å². The number of pyridine rings is 1. The maximum atomic E-state index is 12.8. The number of nitrogens with one attached hydrogen (secondary N) is 1. The number of carbonyl (C=O) groups excluding carboxylic acids is 1. The SMILES string of the molecule is Cl.Cl.NC(C(=O)Nc1ccc(OCC(F)(F)C(F)F)nc1)C1CCOCC1. The number of aromatic nitrogens is 1. The summed E-state index contributed by atoms with van der Waals surface area (Å²) in [6.45, 7) is -0.372. The second kappa shape index (κ2) is 11.5. The summed E-state index contributed by atoms with van der Waals surface area (Å²) < 4.78 is 59.4. The molecule has 1 unspecified atom stereocenters. The van der Waals surface area contributed by atoms with Gasteiger partial charge < -0.3 is 20.5 Å². The van der Waals surface area contributed by atoms with Gasteiger partial charge in [-0.05, 0) is 24.8 Å². The second-order valence-corrected chi connectivity index (χ2v) is 5.70. The predicted molar refractivity (Wildman–Crippen MR) is 95.3 cm³/mol. The van der Waals surface area contributed by atoms with E-state index >= 15 is 0 Å². The van der Waals surface area contributed by atoms with E-state index in [1.807, 2.05) is 0 Å². The molecule has 1 aliphatic rings. The van der Waals surface area contributed by atoms with Gasteiger partial charge >= 0.3 is 12.3 Å². The number of carbonyl (C=O) groups is 1. The standard InChI is InChI=1S/C15H19F4N3O3.2ClH/c16-14(17)15(18,19)8-25-11-2-1-10(7-21-11)22-13(23)12(20)9-3-5-24-6-4-9;;/h1-2,7,9,12,14H,3-6,8,20H2,(H,22,23);2*1H. The van der Waals surface area contributed by atoms with E-state index in [0.29, 0.717) is 31.7 Å². The third kappa shape index (κ3) is 7.65. The number of nitrogens with two attached hydrogens (primary N) is 1. The largest absolute Gasteiger partial charge is 0.471 e. The topological polar surface area (TPSA) is 86.5 Å². The molecule has 2 heterocycles. The number of rotatable bonds is 7. The van der Waals surface area contributed by atoms with Crippen LogP contribution in [0, 0.1) is 5.92 Å². The van der Waals surface area contributed by atoms with Gasteiger partial charge in [0.25, 0.3) is 0 Å². The molecule has 27 heavy (non-hydrogen) atoms. The fourth-order valence-corrected chi connectivity index (χ4v) is 2.29. The molecular formula is C15H21Cl2F4N3O3. The summed E-state index contributed by atoms with van der Waals surface area (Å²) in [6.07, 6.45) is -1.27. The lowest BCUT2D eigenvalue weighted by Gasteiger charge is -2.26. The maximum Gasteiger partial charge on any atom is 0.340 e. The zero-order valence-electron chi connectivity index (χ0n) is 14.1. The summed E-state index contributed by atoms with van der Waals surface area (Å²) in [7, 11) is 0. The minimum Gasteiger partial charge on any atom is -0.471 e. The van der Waals surface area contributed by atoms with E-state index in [0.717, 1.165) is 0 Å². The van der Waals surface area contributed by atoms with Crippen LogP contribution >= 0.6 is 24.8 Å². The van der Waals surface area contributed by atoms with Crippen molar-refractivity contribution in [2.75, 3.05) is 25.1 Å². The minimum atomic E-state index is -4.26. The Morgan fingerprint density at radius 3 is 2.48 bits per heavy atom. The Morgan fingerprint density at radius 1 is 1.33 bits per heavy atom. The Kier molecular flexibility index (Phi) is 10.9. The molecule has 156 valence electrons. The molecule has 1 aromatic rings. The first kappa shape index (κ1) is 25.6. The van der Waals surface area contributed by atoms with Crippen molar-refractivity contribution in [3.8, 4) is 5.88 Å². The fraction of sp³-hybridized carbons (Fsp3) is 0.600. The van der Waals surface area contributed by atoms with Crippen molar-refractivity contribution in [2.24, 2.45) is 11.7 Å². The zero-order chi connectivity index (χ0) is 18.4. The summed E-state index contributed by atoms with van der Waals surface area (Å²) in [5.41, 5.74) is 6.22. The second-order valence-electron chi connectivity index (χ2n) is 5.70. The molecule has 2 rings (SSSR count). The number of anilines is 1. The van der Waals surface area contributed by atoms with Gasteiger partial charge in [0.1, 0.15) is 0 Å². The van der Waals surface area contributed by atoms with Crippen LogP contribution in [0.4, 0.5) is 23.2 Å². The molecule has 1 saturated heterocycles. The average molecular weight is 438 g/mol. The summed E-state index contributed by atoms with van der Waals surface area (Å²) in [5.74, 6) is -4.90. The Morgan fingerprint density at radius 2 is 1.96 bits per heavy atom. The molecule has 0 spiro atoms. The maximum absolute atomic E-state index is 12.8. The normalized spacial score (nSPS) is 16.1. The van der Waals surface area contributed by atoms with Gasteiger partial charge in [-0.15, -0.1) is 24.8 Å². The highest BCUT2D eigenvalue weighted by molar-refractivity contribution is 5.94. The van der Waals surface area contributed by atoms with E-state index in [1.54, 1.807) is 0 Å². The number of alkyl halides is 4. The number of halogens is 6. The molecule has 12 heteroatoms. The molecule has 1 amide bonds. The van der Waals surface area contributed by atoms with Gasteiger partial charge in [0.2, 0.25) is 11.8 Å². The smallest absolute Gasteiger partial charge is 0.340 e. The molecule has 6 nitrogen and oxygen atoms in total. The first-order valence-corrected chi connectivity index (χ1v) is 7.68. The van der Waals surface area contributed by atoms with Crippen molar-refractivity contribution in [1.29, 1.82) is 0 Å². The van der Waals surface area contributed by atoms with Gasteiger partial charge in [-0.3, -0.25) is 4.79 Å². The van der Waals surface area contributed by atoms with Crippen LogP contribution in [0.5, 0.6) is 5.88 Å². The van der Waals surface area contributed by atoms with Crippen LogP contribution in [0.25, 0.3) is 0 Å². The first-order chi connectivity index (χ1) is 11.8. The van der Waals surface area contributed by atoms with E-state index in [1.165, 1.54) is 18.3 Å². The molecule has 3 N–H and O–H groups in total. The minimum absolute atomic E-state index is 0. The van der Waals surface area contributed by atoms with Crippen molar-refractivity contribution in [3.63, 3.8) is 0 Å². The van der Waals surface area contributed by atoms with Crippen LogP contribution in [0.1, 0.15) is 12.8 Å². The molecule has 1 fully saturated rings. The number of hydrogen-bond acceptors (Lipinski definition) is 5. The van der Waals surface area contributed by atoms with E-state index < -0.39 is 30.9 Å². The average Bonchev–Trinajstić information content (AvgIpc) is 2.61. The van der Waals surface area contributed by atoms with Gasteiger partial charge in [0.15, 0.2) is 6.61 Å². The molecular weight excluding hydrogens is 417 g/mol. The van der Waals surface area contributed by atoms with E-state index in [4.69, 9.17) is 10.5 Å². The molecule has 1 aliphatic heterocycles. The van der Waals surface area contributed by atoms with Gasteiger partial charge in [-0.1, -0.05) is 0 Å². The van der Waals surface area contributed by atoms with E-state index in [2.05, 4.69) is 15.0 Å². The van der Waals surface area contributed by atoms with Crippen molar-refractivity contribution in [1.82, 2.24) is 4.98 Å². The van der Waals surface area contributed by atoms with Crippen LogP contribution in [0.2, 0.25) is 0 Å². The lowest BCUT2D eigenvalue weighted by atomic mass is 9.92. The Bertz CT molecular complexity index is 576. The van der Waals surface area contributed by atoms with Crippen molar-refractivity contribution < 1.29 is 31.8 Å². The van der Waals surface area contributed by atoms with Gasteiger partial charge in [-0.25, -0.2) is 13.8 Å². The highest BCUT2D eigenvalue weighted by Crippen LogP contribution is 2.24. The quantitative estimate of drug-likeness (QED) is 0.640. The van der Waals surface area contributed by atoms with Crippen LogP contribution < -0.4 is 15.8 Å². The highest BCUT2D eigenvalue weighted by atomic mass is 35.5. The summed E-state index contributed by atoms with van der Waals surface area (Å²) in [5, 5.41) is 2.57. The fourth-order valence-electron chi connectivity index (χ4n) is 2.29. The molecule has 1 aromatic heterocycles. The Labute approximate surface area is 166 Å². The molecule has 0 aliphatic carbocycles. The molecule has 1 atom stereocenters. The van der Waals surface area contributed by atoms with Crippen LogP contribution in [0.15, 0.2) is 18.3 Å². The molecule has 0 bridgehead atoms. The zero-order valence-corrected chi connectivity index (χ0v) is 15.7. The third-order valence-corrected chi connectivity index (χ3v) is 3.81. The Balaban J connectivity index is 0.00000338. The summed E-state index contributed by atoms with van der Waals surface area (Å²) in [4.78, 5) is 15.8. The molecule has 0 radical (unpaired) electrons. The van der Waals surface area contributed by atoms with Gasteiger partial charge in [-0.2, -0.15) is 8.78 Å². The molecule has 0 aromatic carbocycles. The van der Waals surface area contributed by atoms with Crippen LogP contribution in [-0.4, -0.2) is 49.1 Å². The van der Waals surface area contributed by atoms with Crippen molar-refractivity contribution in [3.05, 3.63) is 18.3 Å². The van der Waals surface area contributed by atoms with Gasteiger partial charge in [0.05, 0.1) is 17.9 Å². The number of nitrogens with zero attached hydrogens (tertiary/aromatic N) is 1. The van der Waals surface area contributed by atoms with Crippen molar-refractivity contribution >= 4 is 36.4 Å². The van der Waals surface area contributed by atoms with Gasteiger partial charge in [0, 0.05) is 19.3 Å².